The van der Waals surface area contributed by atoms with Crippen LogP contribution in [0.5, 0.6) is 0 Å². The molecule has 0 amide bonds. The number of rotatable bonds is 5. The second kappa shape index (κ2) is 6.62. The van der Waals surface area contributed by atoms with E-state index >= 15 is 0 Å². The normalized spacial score (nSPS) is 12.4. The molecule has 0 saturated carbocycles. The summed E-state index contributed by atoms with van der Waals surface area (Å²) in [5.74, 6) is -1.45. The molecular formula is C17H19F2N. The summed E-state index contributed by atoms with van der Waals surface area (Å²) in [4.78, 5) is 0. The molecule has 0 aliphatic carbocycles. The molecule has 1 atom stereocenters. The third-order valence-corrected chi connectivity index (χ3v) is 3.52. The van der Waals surface area contributed by atoms with E-state index < -0.39 is 11.6 Å². The van der Waals surface area contributed by atoms with Crippen molar-refractivity contribution < 1.29 is 8.78 Å². The highest BCUT2D eigenvalue weighted by Gasteiger charge is 2.14. The second-order valence-corrected chi connectivity index (χ2v) is 5.21. The molecule has 0 fully saturated rings. The van der Waals surface area contributed by atoms with Gasteiger partial charge in [-0.15, -0.1) is 0 Å². The molecule has 0 spiro atoms. The van der Waals surface area contributed by atoms with Gasteiger partial charge in [0.05, 0.1) is 0 Å². The molecule has 2 aromatic carbocycles. The van der Waals surface area contributed by atoms with E-state index in [1.54, 1.807) is 6.07 Å². The van der Waals surface area contributed by atoms with Crippen molar-refractivity contribution in [3.05, 3.63) is 70.8 Å². The number of aryl methyl sites for hydroxylation is 1. The molecule has 20 heavy (non-hydrogen) atoms. The van der Waals surface area contributed by atoms with E-state index in [0.29, 0.717) is 18.5 Å². The van der Waals surface area contributed by atoms with E-state index in [-0.39, 0.29) is 5.92 Å². The Labute approximate surface area is 118 Å². The first-order valence-corrected chi connectivity index (χ1v) is 6.78. The summed E-state index contributed by atoms with van der Waals surface area (Å²) < 4.78 is 26.9. The summed E-state index contributed by atoms with van der Waals surface area (Å²) in [6, 6.07) is 12.5. The number of halogens is 2. The Hall–Kier alpha value is -1.74. The Bertz CT molecular complexity index is 564. The fourth-order valence-electron chi connectivity index (χ4n) is 2.31. The van der Waals surface area contributed by atoms with Gasteiger partial charge in [-0.2, -0.15) is 0 Å². The average molecular weight is 275 g/mol. The molecule has 2 aromatic rings. The van der Waals surface area contributed by atoms with Gasteiger partial charge in [0.2, 0.25) is 0 Å². The summed E-state index contributed by atoms with van der Waals surface area (Å²) in [7, 11) is 0. The van der Waals surface area contributed by atoms with Crippen LogP contribution in [-0.2, 0) is 12.8 Å². The monoisotopic (exact) mass is 275 g/mol. The minimum atomic E-state index is -0.798. The topological polar surface area (TPSA) is 26.0 Å². The first-order chi connectivity index (χ1) is 9.60. The summed E-state index contributed by atoms with van der Waals surface area (Å²) in [6.07, 6.45) is 1.22. The van der Waals surface area contributed by atoms with E-state index in [0.717, 1.165) is 12.5 Å². The molecule has 0 aliphatic rings. The van der Waals surface area contributed by atoms with Gasteiger partial charge in [0.1, 0.15) is 0 Å². The second-order valence-electron chi connectivity index (χ2n) is 5.21. The van der Waals surface area contributed by atoms with Crippen LogP contribution in [0, 0.1) is 24.5 Å². The van der Waals surface area contributed by atoms with Crippen molar-refractivity contribution in [2.75, 3.05) is 6.54 Å². The van der Waals surface area contributed by atoms with Crippen LogP contribution in [0.25, 0.3) is 0 Å². The van der Waals surface area contributed by atoms with Crippen LogP contribution >= 0.6 is 0 Å². The zero-order valence-corrected chi connectivity index (χ0v) is 11.6. The molecule has 106 valence electrons. The van der Waals surface area contributed by atoms with Crippen LogP contribution in [0.4, 0.5) is 8.78 Å². The van der Waals surface area contributed by atoms with Crippen LogP contribution < -0.4 is 5.73 Å². The predicted octanol–water partition coefficient (Wildman–Crippen LogP) is 3.63. The maximum Gasteiger partial charge on any atom is 0.162 e. The van der Waals surface area contributed by atoms with Gasteiger partial charge in [-0.05, 0) is 49.4 Å². The molecule has 3 heteroatoms. The smallest absolute Gasteiger partial charge is 0.162 e. The van der Waals surface area contributed by atoms with Gasteiger partial charge in [0.15, 0.2) is 11.6 Å². The average Bonchev–Trinajstić information content (AvgIpc) is 2.45. The minimum absolute atomic E-state index is 0.106. The highest BCUT2D eigenvalue weighted by atomic mass is 19.2. The Kier molecular flexibility index (Phi) is 4.85. The fraction of sp³-hybridized carbons (Fsp3) is 0.294. The number of nitrogens with two attached hydrogens (primary N) is 1. The summed E-state index contributed by atoms with van der Waals surface area (Å²) in [5.41, 5.74) is 8.54. The van der Waals surface area contributed by atoms with Crippen LogP contribution in [0.2, 0.25) is 0 Å². The van der Waals surface area contributed by atoms with Crippen molar-refractivity contribution >= 4 is 0 Å². The number of benzene rings is 2. The molecule has 1 nitrogen and oxygen atoms in total. The van der Waals surface area contributed by atoms with Crippen LogP contribution in [-0.4, -0.2) is 6.54 Å². The molecule has 0 bridgehead atoms. The maximum atomic E-state index is 13.7. The molecule has 1 unspecified atom stereocenters. The largest absolute Gasteiger partial charge is 0.330 e. The van der Waals surface area contributed by atoms with Gasteiger partial charge < -0.3 is 5.73 Å². The Morgan fingerprint density at radius 3 is 2.35 bits per heavy atom. The van der Waals surface area contributed by atoms with Crippen LogP contribution in [0.3, 0.4) is 0 Å². The molecule has 2 rings (SSSR count). The zero-order valence-electron chi connectivity index (χ0n) is 11.6. The van der Waals surface area contributed by atoms with Crippen molar-refractivity contribution in [3.63, 3.8) is 0 Å². The van der Waals surface area contributed by atoms with E-state index in [1.807, 2.05) is 19.1 Å². The zero-order chi connectivity index (χ0) is 14.5. The van der Waals surface area contributed by atoms with E-state index in [4.69, 9.17) is 5.73 Å². The van der Waals surface area contributed by atoms with Crippen LogP contribution in [0.15, 0.2) is 42.5 Å². The summed E-state index contributed by atoms with van der Waals surface area (Å²) >= 11 is 0. The highest BCUT2D eigenvalue weighted by molar-refractivity contribution is 5.23. The standard InChI is InChI=1S/C17H19F2N/c1-12-5-7-13(8-6-12)9-14(11-20)10-15-3-2-4-16(18)17(15)19/h2-8,14H,9-11,20H2,1H3. The molecule has 0 aliphatic heterocycles. The molecule has 0 heterocycles. The molecule has 0 radical (unpaired) electrons. The SMILES string of the molecule is Cc1ccc(CC(CN)Cc2cccc(F)c2F)cc1. The third-order valence-electron chi connectivity index (χ3n) is 3.52. The van der Waals surface area contributed by atoms with Gasteiger partial charge in [-0.3, -0.25) is 0 Å². The van der Waals surface area contributed by atoms with Crippen molar-refractivity contribution in [2.24, 2.45) is 11.7 Å². The minimum Gasteiger partial charge on any atom is -0.330 e. The summed E-state index contributed by atoms with van der Waals surface area (Å²) in [5, 5.41) is 0. The molecule has 0 saturated heterocycles. The number of hydrogen-bond donors (Lipinski definition) is 1. The first kappa shape index (κ1) is 14.7. The van der Waals surface area contributed by atoms with E-state index in [2.05, 4.69) is 12.1 Å². The Balaban J connectivity index is 2.09. The summed E-state index contributed by atoms with van der Waals surface area (Å²) in [6.45, 7) is 2.48. The Morgan fingerprint density at radius 2 is 1.70 bits per heavy atom. The number of hydrogen-bond acceptors (Lipinski definition) is 1. The van der Waals surface area contributed by atoms with Gasteiger partial charge in [-0.1, -0.05) is 42.0 Å². The van der Waals surface area contributed by atoms with Crippen LogP contribution in [0.1, 0.15) is 16.7 Å². The van der Waals surface area contributed by atoms with Crippen molar-refractivity contribution in [2.45, 2.75) is 19.8 Å². The van der Waals surface area contributed by atoms with Gasteiger partial charge in [0.25, 0.3) is 0 Å². The molecular weight excluding hydrogens is 256 g/mol. The quantitative estimate of drug-likeness (QED) is 0.886. The highest BCUT2D eigenvalue weighted by Crippen LogP contribution is 2.18. The van der Waals surface area contributed by atoms with Gasteiger partial charge >= 0.3 is 0 Å². The Morgan fingerprint density at radius 1 is 1.00 bits per heavy atom. The van der Waals surface area contributed by atoms with E-state index in [1.165, 1.54) is 17.2 Å². The molecule has 0 aromatic heterocycles. The lowest BCUT2D eigenvalue weighted by molar-refractivity contribution is 0.473. The predicted molar refractivity (Wildman–Crippen MR) is 77.5 cm³/mol. The lowest BCUT2D eigenvalue weighted by Gasteiger charge is -2.15. The lowest BCUT2D eigenvalue weighted by atomic mass is 9.92. The van der Waals surface area contributed by atoms with Crippen molar-refractivity contribution in [3.8, 4) is 0 Å². The van der Waals surface area contributed by atoms with Crippen molar-refractivity contribution in [1.82, 2.24) is 0 Å². The van der Waals surface area contributed by atoms with Gasteiger partial charge in [-0.25, -0.2) is 8.78 Å². The maximum absolute atomic E-state index is 13.7. The lowest BCUT2D eigenvalue weighted by Crippen LogP contribution is -2.20. The molecule has 2 N–H and O–H groups in total. The fourth-order valence-corrected chi connectivity index (χ4v) is 2.31. The first-order valence-electron chi connectivity index (χ1n) is 6.78. The van der Waals surface area contributed by atoms with E-state index in [9.17, 15) is 8.78 Å². The van der Waals surface area contributed by atoms with Gasteiger partial charge in [0, 0.05) is 0 Å². The van der Waals surface area contributed by atoms with Crippen molar-refractivity contribution in [1.29, 1.82) is 0 Å². The third kappa shape index (κ3) is 3.64.